The van der Waals surface area contributed by atoms with Crippen molar-refractivity contribution < 1.29 is 4.74 Å². The molecule has 2 aliphatic heterocycles. The summed E-state index contributed by atoms with van der Waals surface area (Å²) in [5.41, 5.74) is 1.14. The highest BCUT2D eigenvalue weighted by Crippen LogP contribution is 2.24. The van der Waals surface area contributed by atoms with E-state index in [0.29, 0.717) is 18.5 Å². The van der Waals surface area contributed by atoms with Crippen molar-refractivity contribution >= 4 is 5.82 Å². The molecule has 5 nitrogen and oxygen atoms in total. The second-order valence-electron chi connectivity index (χ2n) is 6.62. The standard InChI is InChI=1S/C19H24N4O/c1-2-6-16(7-3-1)15-24-19-13-20-12-18(21-19)23-11-5-10-22-9-4-8-17(22)14-23/h1-3,6-7,12-13,17H,4-5,8-11,14-15H2. The molecular formula is C19H24N4O. The van der Waals surface area contributed by atoms with Crippen molar-refractivity contribution in [3.8, 4) is 5.88 Å². The number of ether oxygens (including phenoxy) is 1. The van der Waals surface area contributed by atoms with Crippen LogP contribution < -0.4 is 9.64 Å². The highest BCUT2D eigenvalue weighted by atomic mass is 16.5. The smallest absolute Gasteiger partial charge is 0.234 e. The molecule has 0 bridgehead atoms. The largest absolute Gasteiger partial charge is 0.472 e. The lowest BCUT2D eigenvalue weighted by molar-refractivity contribution is 0.272. The molecule has 2 fully saturated rings. The van der Waals surface area contributed by atoms with Gasteiger partial charge in [-0.2, -0.15) is 4.98 Å². The molecule has 0 N–H and O–H groups in total. The van der Waals surface area contributed by atoms with Crippen LogP contribution in [0.4, 0.5) is 5.82 Å². The molecule has 0 spiro atoms. The summed E-state index contributed by atoms with van der Waals surface area (Å²) in [4.78, 5) is 14.0. The van der Waals surface area contributed by atoms with Crippen LogP contribution in [0.3, 0.4) is 0 Å². The lowest BCUT2D eigenvalue weighted by Gasteiger charge is -2.26. The minimum atomic E-state index is 0.523. The predicted molar refractivity (Wildman–Crippen MR) is 94.2 cm³/mol. The summed E-state index contributed by atoms with van der Waals surface area (Å²) in [6.45, 7) is 5.08. The maximum Gasteiger partial charge on any atom is 0.234 e. The van der Waals surface area contributed by atoms with Gasteiger partial charge in [-0.3, -0.25) is 9.88 Å². The molecule has 126 valence electrons. The lowest BCUT2D eigenvalue weighted by atomic mass is 10.2. The molecule has 0 amide bonds. The van der Waals surface area contributed by atoms with Crippen LogP contribution in [0.2, 0.25) is 0 Å². The van der Waals surface area contributed by atoms with E-state index in [4.69, 9.17) is 9.72 Å². The summed E-state index contributed by atoms with van der Waals surface area (Å²) in [5.74, 6) is 1.54. The zero-order valence-electron chi connectivity index (χ0n) is 14.0. The Morgan fingerprint density at radius 3 is 2.83 bits per heavy atom. The molecule has 5 heteroatoms. The topological polar surface area (TPSA) is 41.5 Å². The van der Waals surface area contributed by atoms with Crippen molar-refractivity contribution in [1.29, 1.82) is 0 Å². The summed E-state index contributed by atoms with van der Waals surface area (Å²) in [6.07, 6.45) is 7.37. The van der Waals surface area contributed by atoms with Gasteiger partial charge in [-0.25, -0.2) is 0 Å². The normalized spacial score (nSPS) is 21.3. The van der Waals surface area contributed by atoms with E-state index in [0.717, 1.165) is 24.5 Å². The van der Waals surface area contributed by atoms with E-state index in [1.54, 1.807) is 6.20 Å². The highest BCUT2D eigenvalue weighted by Gasteiger charge is 2.29. The average Bonchev–Trinajstić information content (AvgIpc) is 2.98. The fraction of sp³-hybridized carbons (Fsp3) is 0.474. The van der Waals surface area contributed by atoms with Crippen LogP contribution in [0.15, 0.2) is 42.7 Å². The third-order valence-corrected chi connectivity index (χ3v) is 4.96. The zero-order chi connectivity index (χ0) is 16.2. The Labute approximate surface area is 143 Å². The molecule has 0 radical (unpaired) electrons. The van der Waals surface area contributed by atoms with E-state index < -0.39 is 0 Å². The Morgan fingerprint density at radius 1 is 1.04 bits per heavy atom. The SMILES string of the molecule is c1ccc(COc2cncc(N3CCCN4CCCC4C3)n2)cc1. The number of aromatic nitrogens is 2. The van der Waals surface area contributed by atoms with Crippen LogP contribution in [-0.4, -0.2) is 47.1 Å². The molecule has 2 saturated heterocycles. The summed E-state index contributed by atoms with van der Waals surface area (Å²) in [5, 5.41) is 0. The van der Waals surface area contributed by atoms with E-state index in [-0.39, 0.29) is 0 Å². The summed E-state index contributed by atoms with van der Waals surface area (Å²) < 4.78 is 5.83. The maximum atomic E-state index is 5.83. The van der Waals surface area contributed by atoms with Crippen molar-refractivity contribution in [1.82, 2.24) is 14.9 Å². The van der Waals surface area contributed by atoms with E-state index in [1.165, 1.54) is 32.4 Å². The van der Waals surface area contributed by atoms with Crippen LogP contribution in [-0.2, 0) is 6.61 Å². The van der Waals surface area contributed by atoms with Crippen LogP contribution in [0.25, 0.3) is 0 Å². The number of benzene rings is 1. The fourth-order valence-corrected chi connectivity index (χ4v) is 3.71. The van der Waals surface area contributed by atoms with E-state index in [2.05, 4.69) is 26.9 Å². The molecule has 4 rings (SSSR count). The molecule has 0 saturated carbocycles. The Morgan fingerprint density at radius 2 is 1.92 bits per heavy atom. The van der Waals surface area contributed by atoms with Crippen LogP contribution in [0, 0.1) is 0 Å². The quantitative estimate of drug-likeness (QED) is 0.865. The molecule has 1 aromatic carbocycles. The molecular weight excluding hydrogens is 300 g/mol. The molecule has 24 heavy (non-hydrogen) atoms. The molecule has 2 aromatic rings. The number of hydrogen-bond donors (Lipinski definition) is 0. The second-order valence-corrected chi connectivity index (χ2v) is 6.62. The second kappa shape index (κ2) is 7.18. The van der Waals surface area contributed by atoms with E-state index in [9.17, 15) is 0 Å². The fourth-order valence-electron chi connectivity index (χ4n) is 3.71. The Hall–Kier alpha value is -2.14. The van der Waals surface area contributed by atoms with Gasteiger partial charge in [-0.1, -0.05) is 30.3 Å². The number of fused-ring (bicyclic) bond motifs is 1. The van der Waals surface area contributed by atoms with Crippen LogP contribution >= 0.6 is 0 Å². The van der Waals surface area contributed by atoms with Crippen molar-refractivity contribution in [2.45, 2.75) is 31.9 Å². The van der Waals surface area contributed by atoms with Gasteiger partial charge in [0, 0.05) is 25.7 Å². The van der Waals surface area contributed by atoms with Gasteiger partial charge in [0.2, 0.25) is 5.88 Å². The summed E-state index contributed by atoms with van der Waals surface area (Å²) >= 11 is 0. The van der Waals surface area contributed by atoms with E-state index >= 15 is 0 Å². The first-order valence-corrected chi connectivity index (χ1v) is 8.86. The predicted octanol–water partition coefficient (Wildman–Crippen LogP) is 2.73. The first-order chi connectivity index (χ1) is 11.9. The van der Waals surface area contributed by atoms with Gasteiger partial charge in [-0.15, -0.1) is 0 Å². The molecule has 1 aromatic heterocycles. The Kier molecular flexibility index (Phi) is 4.60. The van der Waals surface area contributed by atoms with Crippen LogP contribution in [0.1, 0.15) is 24.8 Å². The molecule has 0 aliphatic carbocycles. The third-order valence-electron chi connectivity index (χ3n) is 4.96. The van der Waals surface area contributed by atoms with Gasteiger partial charge in [0.1, 0.15) is 6.61 Å². The minimum absolute atomic E-state index is 0.523. The molecule has 1 atom stereocenters. The molecule has 3 heterocycles. The average molecular weight is 324 g/mol. The number of nitrogens with zero attached hydrogens (tertiary/aromatic N) is 4. The summed E-state index contributed by atoms with van der Waals surface area (Å²) in [7, 11) is 0. The number of hydrogen-bond acceptors (Lipinski definition) is 5. The number of rotatable bonds is 4. The van der Waals surface area contributed by atoms with E-state index in [1.807, 2.05) is 24.4 Å². The van der Waals surface area contributed by atoms with Gasteiger partial charge >= 0.3 is 0 Å². The first kappa shape index (κ1) is 15.4. The minimum Gasteiger partial charge on any atom is -0.472 e. The van der Waals surface area contributed by atoms with Crippen molar-refractivity contribution in [2.75, 3.05) is 31.1 Å². The third kappa shape index (κ3) is 3.51. The van der Waals surface area contributed by atoms with Gasteiger partial charge in [0.05, 0.1) is 12.4 Å². The zero-order valence-corrected chi connectivity index (χ0v) is 14.0. The molecule has 2 aliphatic rings. The van der Waals surface area contributed by atoms with Crippen molar-refractivity contribution in [2.24, 2.45) is 0 Å². The highest BCUT2D eigenvalue weighted by molar-refractivity contribution is 5.38. The summed E-state index contributed by atoms with van der Waals surface area (Å²) in [6, 6.07) is 10.8. The van der Waals surface area contributed by atoms with Crippen molar-refractivity contribution in [3.05, 3.63) is 48.3 Å². The number of anilines is 1. The maximum absolute atomic E-state index is 5.83. The van der Waals surface area contributed by atoms with Crippen LogP contribution in [0.5, 0.6) is 5.88 Å². The first-order valence-electron chi connectivity index (χ1n) is 8.86. The van der Waals surface area contributed by atoms with Gasteiger partial charge in [0.25, 0.3) is 0 Å². The van der Waals surface area contributed by atoms with Gasteiger partial charge in [0.15, 0.2) is 5.82 Å². The lowest BCUT2D eigenvalue weighted by Crippen LogP contribution is -2.37. The Balaban J connectivity index is 1.44. The van der Waals surface area contributed by atoms with Gasteiger partial charge < -0.3 is 9.64 Å². The van der Waals surface area contributed by atoms with Crippen molar-refractivity contribution in [3.63, 3.8) is 0 Å². The Bertz CT molecular complexity index is 663. The van der Waals surface area contributed by atoms with Gasteiger partial charge in [-0.05, 0) is 31.4 Å². The monoisotopic (exact) mass is 324 g/mol. The molecule has 1 unspecified atom stereocenters.